The summed E-state index contributed by atoms with van der Waals surface area (Å²) < 4.78 is 0. The van der Waals surface area contributed by atoms with Crippen LogP contribution < -0.4 is 5.32 Å². The topological polar surface area (TPSA) is 49.3 Å². The van der Waals surface area contributed by atoms with Crippen LogP contribution in [0.1, 0.15) is 58.3 Å². The van der Waals surface area contributed by atoms with Crippen molar-refractivity contribution in [3.8, 4) is 0 Å². The van der Waals surface area contributed by atoms with Crippen molar-refractivity contribution in [2.75, 3.05) is 0 Å². The molecule has 5 rings (SSSR count). The minimum atomic E-state index is -0.691. The lowest BCUT2D eigenvalue weighted by molar-refractivity contribution is -0.122. The summed E-state index contributed by atoms with van der Waals surface area (Å²) >= 11 is 0. The normalized spacial score (nSPS) is 54.8. The maximum atomic E-state index is 12.7. The molecule has 0 aromatic carbocycles. The smallest absolute Gasteiger partial charge is 0.159 e. The summed E-state index contributed by atoms with van der Waals surface area (Å²) in [7, 11) is 0. The van der Waals surface area contributed by atoms with E-state index < -0.39 is 5.60 Å². The summed E-state index contributed by atoms with van der Waals surface area (Å²) in [6.07, 6.45) is 11.0. The van der Waals surface area contributed by atoms with Crippen molar-refractivity contribution in [3.63, 3.8) is 0 Å². The highest BCUT2D eigenvalue weighted by Gasteiger charge is 2.62. The van der Waals surface area contributed by atoms with Crippen molar-refractivity contribution < 1.29 is 9.90 Å². The van der Waals surface area contributed by atoms with Crippen molar-refractivity contribution >= 4 is 5.78 Å². The summed E-state index contributed by atoms with van der Waals surface area (Å²) in [5.41, 5.74) is 0.461. The zero-order valence-electron chi connectivity index (χ0n) is 14.1. The Kier molecular flexibility index (Phi) is 3.13. The van der Waals surface area contributed by atoms with E-state index in [4.69, 9.17) is 0 Å². The van der Waals surface area contributed by atoms with Crippen molar-refractivity contribution in [3.05, 3.63) is 11.6 Å². The van der Waals surface area contributed by atoms with Gasteiger partial charge in [0, 0.05) is 23.9 Å². The van der Waals surface area contributed by atoms with E-state index in [1.165, 1.54) is 25.7 Å². The Bertz CT molecular complexity index is 570. The van der Waals surface area contributed by atoms with Crippen molar-refractivity contribution in [1.29, 1.82) is 0 Å². The maximum absolute atomic E-state index is 12.7. The summed E-state index contributed by atoms with van der Waals surface area (Å²) in [5.74, 6) is 2.51. The molecule has 2 bridgehead atoms. The highest BCUT2D eigenvalue weighted by molar-refractivity contribution is 5.94. The number of carbonyl (C=O) groups is 1. The first kappa shape index (κ1) is 14.7. The maximum Gasteiger partial charge on any atom is 0.159 e. The van der Waals surface area contributed by atoms with Crippen LogP contribution in [0.2, 0.25) is 0 Å². The number of piperidine rings is 1. The standard InChI is InChI=1S/C20H29NO2/c1-11-6-7-15-17(21-11)8-12-10-20(15,23)16-9-18(22)13-4-2-3-5-14(13)19(12)16/h9,11-15,17,19,21,23H,2-8,10H2,1H3. The number of rotatable bonds is 0. The molecule has 3 saturated carbocycles. The zero-order valence-corrected chi connectivity index (χ0v) is 14.1. The van der Waals surface area contributed by atoms with Crippen LogP contribution in [0.5, 0.6) is 0 Å². The summed E-state index contributed by atoms with van der Waals surface area (Å²) in [5, 5.41) is 15.4. The second-order valence-corrected chi connectivity index (χ2v) is 9.06. The van der Waals surface area contributed by atoms with Crippen LogP contribution in [0.3, 0.4) is 0 Å². The highest BCUT2D eigenvalue weighted by atomic mass is 16.3. The Labute approximate surface area is 138 Å². The van der Waals surface area contributed by atoms with Crippen LogP contribution in [-0.2, 0) is 4.79 Å². The Morgan fingerprint density at radius 2 is 2.04 bits per heavy atom. The van der Waals surface area contributed by atoms with E-state index in [0.29, 0.717) is 41.5 Å². The van der Waals surface area contributed by atoms with Gasteiger partial charge in [-0.15, -0.1) is 0 Å². The van der Waals surface area contributed by atoms with E-state index in [1.54, 1.807) is 0 Å². The fourth-order valence-corrected chi connectivity index (χ4v) is 7.11. The first-order chi connectivity index (χ1) is 11.1. The van der Waals surface area contributed by atoms with Gasteiger partial charge in [0.25, 0.3) is 0 Å². The summed E-state index contributed by atoms with van der Waals surface area (Å²) in [6, 6.07) is 1.02. The monoisotopic (exact) mass is 315 g/mol. The fraction of sp³-hybridized carbons (Fsp3) is 0.850. The lowest BCUT2D eigenvalue weighted by Gasteiger charge is -2.47. The summed E-state index contributed by atoms with van der Waals surface area (Å²) in [4.78, 5) is 12.7. The molecule has 3 nitrogen and oxygen atoms in total. The average Bonchev–Trinajstić information content (AvgIpc) is 2.76. The Balaban J connectivity index is 1.57. The Morgan fingerprint density at radius 1 is 1.22 bits per heavy atom. The molecule has 2 N–H and O–H groups in total. The number of carbonyl (C=O) groups excluding carboxylic acids is 1. The van der Waals surface area contributed by atoms with E-state index in [0.717, 1.165) is 31.3 Å². The molecule has 5 aliphatic rings. The van der Waals surface area contributed by atoms with Crippen LogP contribution in [0.25, 0.3) is 0 Å². The van der Waals surface area contributed by atoms with Crippen LogP contribution in [0.15, 0.2) is 11.6 Å². The van der Waals surface area contributed by atoms with Gasteiger partial charge in [0.1, 0.15) is 0 Å². The number of allylic oxidation sites excluding steroid dienone is 1. The molecule has 1 heterocycles. The predicted molar refractivity (Wildman–Crippen MR) is 88.8 cm³/mol. The van der Waals surface area contributed by atoms with Crippen molar-refractivity contribution in [1.82, 2.24) is 5.32 Å². The molecule has 4 fully saturated rings. The molecule has 1 saturated heterocycles. The Hall–Kier alpha value is -0.670. The van der Waals surface area contributed by atoms with Gasteiger partial charge in [0.15, 0.2) is 5.78 Å². The largest absolute Gasteiger partial charge is 0.385 e. The number of nitrogens with one attached hydrogen (secondary N) is 1. The third-order valence-corrected chi connectivity index (χ3v) is 7.95. The van der Waals surface area contributed by atoms with Gasteiger partial charge < -0.3 is 10.4 Å². The van der Waals surface area contributed by atoms with Crippen LogP contribution in [0.4, 0.5) is 0 Å². The third-order valence-electron chi connectivity index (χ3n) is 7.95. The lowest BCUT2D eigenvalue weighted by Crippen LogP contribution is -2.57. The number of hydrogen-bond acceptors (Lipinski definition) is 3. The minimum absolute atomic E-state index is 0.259. The first-order valence-corrected chi connectivity index (χ1v) is 9.82. The van der Waals surface area contributed by atoms with Crippen LogP contribution >= 0.6 is 0 Å². The lowest BCUT2D eigenvalue weighted by atomic mass is 9.63. The fourth-order valence-electron chi connectivity index (χ4n) is 7.11. The molecule has 3 heteroatoms. The van der Waals surface area contributed by atoms with Gasteiger partial charge in [0.05, 0.1) is 5.60 Å². The molecule has 0 aromatic rings. The molecule has 0 amide bonds. The second-order valence-electron chi connectivity index (χ2n) is 9.06. The van der Waals surface area contributed by atoms with Gasteiger partial charge in [-0.1, -0.05) is 12.8 Å². The molecule has 8 atom stereocenters. The zero-order chi connectivity index (χ0) is 15.8. The van der Waals surface area contributed by atoms with E-state index in [1.807, 2.05) is 6.08 Å². The van der Waals surface area contributed by atoms with Gasteiger partial charge in [-0.2, -0.15) is 0 Å². The van der Waals surface area contributed by atoms with Gasteiger partial charge in [-0.25, -0.2) is 0 Å². The van der Waals surface area contributed by atoms with E-state index in [2.05, 4.69) is 12.2 Å². The molecular formula is C20H29NO2. The predicted octanol–water partition coefficient (Wildman–Crippen LogP) is 2.83. The number of aliphatic hydroxyl groups is 1. The Morgan fingerprint density at radius 3 is 2.91 bits per heavy atom. The van der Waals surface area contributed by atoms with Gasteiger partial charge >= 0.3 is 0 Å². The number of fused-ring (bicyclic) bond motifs is 9. The summed E-state index contributed by atoms with van der Waals surface area (Å²) in [6.45, 7) is 2.27. The molecule has 126 valence electrons. The van der Waals surface area contributed by atoms with Gasteiger partial charge in [-0.05, 0) is 74.9 Å². The van der Waals surface area contributed by atoms with Gasteiger partial charge in [-0.3, -0.25) is 4.79 Å². The average molecular weight is 315 g/mol. The number of ketones is 1. The molecule has 0 spiro atoms. The quantitative estimate of drug-likeness (QED) is 0.723. The molecule has 0 aromatic heterocycles. The minimum Gasteiger partial charge on any atom is -0.385 e. The third kappa shape index (κ3) is 1.93. The molecule has 0 radical (unpaired) electrons. The second kappa shape index (κ2) is 4.92. The van der Waals surface area contributed by atoms with Crippen molar-refractivity contribution in [2.24, 2.45) is 29.6 Å². The van der Waals surface area contributed by atoms with E-state index >= 15 is 0 Å². The molecule has 1 aliphatic heterocycles. The first-order valence-electron chi connectivity index (χ1n) is 9.82. The molecular weight excluding hydrogens is 286 g/mol. The number of hydrogen-bond donors (Lipinski definition) is 2. The van der Waals surface area contributed by atoms with Crippen molar-refractivity contribution in [2.45, 2.75) is 76.0 Å². The molecule has 23 heavy (non-hydrogen) atoms. The molecule has 8 unspecified atom stereocenters. The van der Waals surface area contributed by atoms with Gasteiger partial charge in [0.2, 0.25) is 0 Å². The van der Waals surface area contributed by atoms with E-state index in [-0.39, 0.29) is 5.92 Å². The van der Waals surface area contributed by atoms with E-state index in [9.17, 15) is 9.90 Å². The van der Waals surface area contributed by atoms with Crippen LogP contribution in [0, 0.1) is 29.6 Å². The van der Waals surface area contributed by atoms with Crippen LogP contribution in [-0.4, -0.2) is 28.6 Å². The SMILES string of the molecule is CC1CCC2C(CC3CC2(O)C2=CC(=O)C4CCCCC4C23)N1. The molecule has 4 aliphatic carbocycles. The highest BCUT2D eigenvalue weighted by Crippen LogP contribution is 2.62.